The lowest BCUT2D eigenvalue weighted by atomic mass is 10.0. The Morgan fingerprint density at radius 3 is 2.46 bits per heavy atom. The molecule has 0 bridgehead atoms. The molecule has 1 rings (SSSR count). The first-order valence-electron chi connectivity index (χ1n) is 3.77. The number of carbonyl (C=O) groups excluding carboxylic acids is 1. The molecule has 1 amide bonds. The van der Waals surface area contributed by atoms with Crippen molar-refractivity contribution in [2.45, 2.75) is 6.42 Å². The first-order chi connectivity index (χ1) is 6.11. The van der Waals surface area contributed by atoms with Crippen LogP contribution < -0.4 is 11.5 Å². The van der Waals surface area contributed by atoms with Crippen molar-refractivity contribution in [1.29, 1.82) is 0 Å². The highest BCUT2D eigenvalue weighted by Crippen LogP contribution is 2.08. The lowest BCUT2D eigenvalue weighted by Crippen LogP contribution is -2.18. The second-order valence-corrected chi connectivity index (χ2v) is 3.10. The fourth-order valence-corrected chi connectivity index (χ4v) is 1.30. The van der Waals surface area contributed by atoms with Crippen molar-refractivity contribution in [3.8, 4) is 0 Å². The van der Waals surface area contributed by atoms with E-state index < -0.39 is 0 Å². The monoisotopic (exact) mass is 194 g/mol. The molecule has 0 radical (unpaired) electrons. The molecule has 0 heterocycles. The Hall–Kier alpha value is -1.42. The highest BCUT2D eigenvalue weighted by molar-refractivity contribution is 7.80. The van der Waals surface area contributed by atoms with Crippen LogP contribution in [0.5, 0.6) is 0 Å². The molecule has 4 heteroatoms. The minimum Gasteiger partial charge on any atom is -0.389 e. The average Bonchev–Trinajstić information content (AvgIpc) is 2.03. The summed E-state index contributed by atoms with van der Waals surface area (Å²) < 4.78 is 0. The number of primary amides is 1. The number of rotatable bonds is 3. The zero-order valence-corrected chi connectivity index (χ0v) is 7.80. The smallest absolute Gasteiger partial charge is 0.221 e. The van der Waals surface area contributed by atoms with Crippen LogP contribution in [0.4, 0.5) is 0 Å². The molecule has 13 heavy (non-hydrogen) atoms. The van der Waals surface area contributed by atoms with Crippen LogP contribution in [0.3, 0.4) is 0 Å². The summed E-state index contributed by atoms with van der Waals surface area (Å²) >= 11 is 4.83. The minimum atomic E-state index is -0.385. The molecule has 0 fully saturated rings. The highest BCUT2D eigenvalue weighted by atomic mass is 32.1. The Bertz CT molecular complexity index is 349. The quantitative estimate of drug-likeness (QED) is 0.682. The zero-order chi connectivity index (χ0) is 9.84. The van der Waals surface area contributed by atoms with Crippen molar-refractivity contribution in [2.24, 2.45) is 11.5 Å². The Balaban J connectivity index is 3.04. The highest BCUT2D eigenvalue weighted by Gasteiger charge is 2.05. The normalized spacial score (nSPS) is 9.54. The molecular weight excluding hydrogens is 184 g/mol. The SMILES string of the molecule is NC(=O)Cc1ccccc1C(N)=S. The number of amides is 1. The summed E-state index contributed by atoms with van der Waals surface area (Å²) in [4.78, 5) is 11.0. The van der Waals surface area contributed by atoms with Crippen LogP contribution in [0.15, 0.2) is 24.3 Å². The predicted octanol–water partition coefficient (Wildman–Crippen LogP) is 0.349. The van der Waals surface area contributed by atoms with E-state index in [9.17, 15) is 4.79 Å². The minimum absolute atomic E-state index is 0.174. The van der Waals surface area contributed by atoms with Crippen LogP contribution >= 0.6 is 12.2 Å². The number of hydrogen-bond acceptors (Lipinski definition) is 2. The molecule has 0 atom stereocenters. The van der Waals surface area contributed by atoms with Crippen LogP contribution in [0.1, 0.15) is 11.1 Å². The van der Waals surface area contributed by atoms with Gasteiger partial charge in [0.05, 0.1) is 6.42 Å². The molecule has 1 aromatic rings. The van der Waals surface area contributed by atoms with Crippen molar-refractivity contribution in [3.63, 3.8) is 0 Å². The molecule has 68 valence electrons. The molecule has 0 aliphatic carbocycles. The molecule has 0 saturated carbocycles. The third-order valence-electron chi connectivity index (χ3n) is 1.65. The summed E-state index contributed by atoms with van der Waals surface area (Å²) in [7, 11) is 0. The van der Waals surface area contributed by atoms with Crippen molar-refractivity contribution < 1.29 is 4.79 Å². The molecule has 0 unspecified atom stereocenters. The maximum atomic E-state index is 10.7. The van der Waals surface area contributed by atoms with Crippen LogP contribution in [-0.4, -0.2) is 10.9 Å². The van der Waals surface area contributed by atoms with E-state index in [1.54, 1.807) is 12.1 Å². The summed E-state index contributed by atoms with van der Waals surface area (Å²) in [6, 6.07) is 7.21. The molecular formula is C9H10N2OS. The number of thiocarbonyl (C=S) groups is 1. The molecule has 0 aliphatic heterocycles. The largest absolute Gasteiger partial charge is 0.389 e. The zero-order valence-electron chi connectivity index (χ0n) is 6.99. The standard InChI is InChI=1S/C9H10N2OS/c10-8(12)5-6-3-1-2-4-7(6)9(11)13/h1-4H,5H2,(H2,10,12)(H2,11,13). The van der Waals surface area contributed by atoms with Gasteiger partial charge in [-0.3, -0.25) is 4.79 Å². The topological polar surface area (TPSA) is 69.1 Å². The summed E-state index contributed by atoms with van der Waals surface area (Å²) in [5, 5.41) is 0. The number of hydrogen-bond donors (Lipinski definition) is 2. The molecule has 1 aromatic carbocycles. The second-order valence-electron chi connectivity index (χ2n) is 2.66. The molecule has 3 nitrogen and oxygen atoms in total. The summed E-state index contributed by atoms with van der Waals surface area (Å²) in [5.74, 6) is -0.385. The van der Waals surface area contributed by atoms with E-state index in [1.165, 1.54) is 0 Å². The van der Waals surface area contributed by atoms with Gasteiger partial charge in [-0.2, -0.15) is 0 Å². The Morgan fingerprint density at radius 1 is 1.31 bits per heavy atom. The van der Waals surface area contributed by atoms with Crippen molar-refractivity contribution in [3.05, 3.63) is 35.4 Å². The third kappa shape index (κ3) is 2.52. The van der Waals surface area contributed by atoms with Gasteiger partial charge in [0.2, 0.25) is 5.91 Å². The molecule has 0 saturated heterocycles. The summed E-state index contributed by atoms with van der Waals surface area (Å²) in [5.41, 5.74) is 12.0. The Morgan fingerprint density at radius 2 is 1.92 bits per heavy atom. The predicted molar refractivity (Wildman–Crippen MR) is 55.2 cm³/mol. The molecule has 4 N–H and O–H groups in total. The fourth-order valence-electron chi connectivity index (χ4n) is 1.10. The summed E-state index contributed by atoms with van der Waals surface area (Å²) in [6.07, 6.45) is 0.174. The Labute approximate surface area is 81.7 Å². The van der Waals surface area contributed by atoms with E-state index in [0.717, 1.165) is 11.1 Å². The van der Waals surface area contributed by atoms with E-state index in [2.05, 4.69) is 0 Å². The lowest BCUT2D eigenvalue weighted by Gasteiger charge is -2.04. The average molecular weight is 194 g/mol. The van der Waals surface area contributed by atoms with Gasteiger partial charge in [0.25, 0.3) is 0 Å². The van der Waals surface area contributed by atoms with Crippen LogP contribution in [0, 0.1) is 0 Å². The third-order valence-corrected chi connectivity index (χ3v) is 1.87. The van der Waals surface area contributed by atoms with Gasteiger partial charge in [-0.05, 0) is 5.56 Å². The molecule has 0 aliphatic rings. The lowest BCUT2D eigenvalue weighted by molar-refractivity contribution is -0.117. The van der Waals surface area contributed by atoms with Crippen LogP contribution in [0.2, 0.25) is 0 Å². The first kappa shape index (κ1) is 9.67. The van der Waals surface area contributed by atoms with E-state index in [0.29, 0.717) is 0 Å². The van der Waals surface area contributed by atoms with E-state index in [1.807, 2.05) is 12.1 Å². The molecule has 0 spiro atoms. The van der Waals surface area contributed by atoms with Gasteiger partial charge in [-0.1, -0.05) is 36.5 Å². The summed E-state index contributed by atoms with van der Waals surface area (Å²) in [6.45, 7) is 0. The Kier molecular flexibility index (Phi) is 2.97. The van der Waals surface area contributed by atoms with E-state index in [4.69, 9.17) is 23.7 Å². The van der Waals surface area contributed by atoms with E-state index >= 15 is 0 Å². The van der Waals surface area contributed by atoms with Crippen LogP contribution in [0.25, 0.3) is 0 Å². The number of carbonyl (C=O) groups is 1. The van der Waals surface area contributed by atoms with Crippen molar-refractivity contribution in [1.82, 2.24) is 0 Å². The van der Waals surface area contributed by atoms with Crippen molar-refractivity contribution in [2.75, 3.05) is 0 Å². The number of benzene rings is 1. The molecule has 0 aromatic heterocycles. The maximum Gasteiger partial charge on any atom is 0.221 e. The number of nitrogens with two attached hydrogens (primary N) is 2. The van der Waals surface area contributed by atoms with Gasteiger partial charge in [0, 0.05) is 5.56 Å². The van der Waals surface area contributed by atoms with Gasteiger partial charge >= 0.3 is 0 Å². The second kappa shape index (κ2) is 4.00. The van der Waals surface area contributed by atoms with Crippen molar-refractivity contribution >= 4 is 23.1 Å². The van der Waals surface area contributed by atoms with E-state index in [-0.39, 0.29) is 17.3 Å². The van der Waals surface area contributed by atoms with Gasteiger partial charge in [0.1, 0.15) is 4.99 Å². The maximum absolute atomic E-state index is 10.7. The van der Waals surface area contributed by atoms with Gasteiger partial charge in [0.15, 0.2) is 0 Å². The van der Waals surface area contributed by atoms with Gasteiger partial charge < -0.3 is 11.5 Å². The fraction of sp³-hybridized carbons (Fsp3) is 0.111. The first-order valence-corrected chi connectivity index (χ1v) is 4.18. The van der Waals surface area contributed by atoms with Crippen LogP contribution in [-0.2, 0) is 11.2 Å². The van der Waals surface area contributed by atoms with Gasteiger partial charge in [-0.15, -0.1) is 0 Å². The van der Waals surface area contributed by atoms with Gasteiger partial charge in [-0.25, -0.2) is 0 Å².